The second kappa shape index (κ2) is 8.77. The number of anilines is 1. The molecule has 0 radical (unpaired) electrons. The molecule has 0 saturated carbocycles. The molecule has 7 nitrogen and oxygen atoms in total. The molecule has 0 aliphatic carbocycles. The first-order valence-corrected chi connectivity index (χ1v) is 8.65. The lowest BCUT2D eigenvalue weighted by atomic mass is 10.2. The van der Waals surface area contributed by atoms with E-state index < -0.39 is 0 Å². The first-order valence-electron chi connectivity index (χ1n) is 8.65. The predicted octanol–water partition coefficient (Wildman–Crippen LogP) is 2.86. The maximum absolute atomic E-state index is 12.6. The average Bonchev–Trinajstić information content (AvgIpc) is 2.73. The summed E-state index contributed by atoms with van der Waals surface area (Å²) < 4.78 is 5.51. The SMILES string of the molecule is CN(C)C(=O)COc1ccccc1C(=O)Nc1cnc(-c2ccccc2)nc1. The Morgan fingerprint density at radius 1 is 0.964 bits per heavy atom. The van der Waals surface area contributed by atoms with Crippen molar-refractivity contribution in [3.05, 3.63) is 72.6 Å². The molecular formula is C21H20N4O3. The third-order valence-corrected chi connectivity index (χ3v) is 3.92. The van der Waals surface area contributed by atoms with Gasteiger partial charge in [0.15, 0.2) is 12.4 Å². The summed E-state index contributed by atoms with van der Waals surface area (Å²) in [7, 11) is 3.28. The molecule has 0 aliphatic rings. The van der Waals surface area contributed by atoms with E-state index in [1.807, 2.05) is 30.3 Å². The third-order valence-electron chi connectivity index (χ3n) is 3.92. The fraction of sp³-hybridized carbons (Fsp3) is 0.143. The standard InChI is InChI=1S/C21H20N4O3/c1-25(2)19(26)14-28-18-11-7-6-10-17(18)21(27)24-16-12-22-20(23-13-16)15-8-4-3-5-9-15/h3-13H,14H2,1-2H3,(H,24,27). The molecule has 7 heteroatoms. The van der Waals surface area contributed by atoms with E-state index in [0.29, 0.717) is 22.8 Å². The molecule has 1 N–H and O–H groups in total. The Labute approximate surface area is 163 Å². The van der Waals surface area contributed by atoms with Crippen LogP contribution in [0.25, 0.3) is 11.4 Å². The van der Waals surface area contributed by atoms with Gasteiger partial charge in [-0.25, -0.2) is 9.97 Å². The minimum Gasteiger partial charge on any atom is -0.483 e. The van der Waals surface area contributed by atoms with Crippen molar-refractivity contribution in [2.24, 2.45) is 0 Å². The summed E-state index contributed by atoms with van der Waals surface area (Å²) in [4.78, 5) is 34.4. The van der Waals surface area contributed by atoms with Crippen LogP contribution in [0.4, 0.5) is 5.69 Å². The summed E-state index contributed by atoms with van der Waals surface area (Å²) >= 11 is 0. The number of para-hydroxylation sites is 1. The van der Waals surface area contributed by atoms with Gasteiger partial charge >= 0.3 is 0 Å². The number of amides is 2. The quantitative estimate of drug-likeness (QED) is 0.715. The predicted molar refractivity (Wildman–Crippen MR) is 106 cm³/mol. The molecule has 0 spiro atoms. The number of hydrogen-bond donors (Lipinski definition) is 1. The largest absolute Gasteiger partial charge is 0.483 e. The first-order chi connectivity index (χ1) is 13.5. The van der Waals surface area contributed by atoms with Crippen molar-refractivity contribution in [3.63, 3.8) is 0 Å². The molecule has 3 rings (SSSR count). The summed E-state index contributed by atoms with van der Waals surface area (Å²) in [5, 5.41) is 2.75. The lowest BCUT2D eigenvalue weighted by molar-refractivity contribution is -0.130. The van der Waals surface area contributed by atoms with Crippen molar-refractivity contribution >= 4 is 17.5 Å². The van der Waals surface area contributed by atoms with Gasteiger partial charge in [-0.3, -0.25) is 9.59 Å². The van der Waals surface area contributed by atoms with Crippen molar-refractivity contribution in [1.29, 1.82) is 0 Å². The van der Waals surface area contributed by atoms with Gasteiger partial charge in [-0.05, 0) is 12.1 Å². The molecule has 28 heavy (non-hydrogen) atoms. The number of rotatable bonds is 6. The van der Waals surface area contributed by atoms with Gasteiger partial charge in [0, 0.05) is 19.7 Å². The van der Waals surface area contributed by atoms with E-state index in [1.54, 1.807) is 50.8 Å². The molecule has 0 aliphatic heterocycles. The maximum Gasteiger partial charge on any atom is 0.259 e. The van der Waals surface area contributed by atoms with Crippen LogP contribution < -0.4 is 10.1 Å². The van der Waals surface area contributed by atoms with Crippen LogP contribution in [0, 0.1) is 0 Å². The van der Waals surface area contributed by atoms with Crippen LogP contribution in [0.3, 0.4) is 0 Å². The highest BCUT2D eigenvalue weighted by molar-refractivity contribution is 6.06. The molecule has 0 unspecified atom stereocenters. The fourth-order valence-electron chi connectivity index (χ4n) is 2.38. The molecule has 0 saturated heterocycles. The number of nitrogens with one attached hydrogen (secondary N) is 1. The van der Waals surface area contributed by atoms with Gasteiger partial charge in [0.05, 0.1) is 23.6 Å². The molecule has 3 aromatic rings. The van der Waals surface area contributed by atoms with Crippen LogP contribution in [0.5, 0.6) is 5.75 Å². The van der Waals surface area contributed by atoms with Crippen LogP contribution in [0.1, 0.15) is 10.4 Å². The topological polar surface area (TPSA) is 84.4 Å². The van der Waals surface area contributed by atoms with Gasteiger partial charge < -0.3 is 15.0 Å². The van der Waals surface area contributed by atoms with Crippen LogP contribution in [0.15, 0.2) is 67.0 Å². The summed E-state index contributed by atoms with van der Waals surface area (Å²) in [6.45, 7) is -0.147. The monoisotopic (exact) mass is 376 g/mol. The van der Waals surface area contributed by atoms with E-state index in [9.17, 15) is 9.59 Å². The highest BCUT2D eigenvalue weighted by Crippen LogP contribution is 2.20. The van der Waals surface area contributed by atoms with E-state index >= 15 is 0 Å². The third kappa shape index (κ3) is 4.70. The van der Waals surface area contributed by atoms with E-state index in [4.69, 9.17) is 4.74 Å². The summed E-state index contributed by atoms with van der Waals surface area (Å²) in [6, 6.07) is 16.3. The molecule has 0 fully saturated rings. The van der Waals surface area contributed by atoms with Crippen molar-refractivity contribution in [2.75, 3.05) is 26.0 Å². The molecular weight excluding hydrogens is 356 g/mol. The van der Waals surface area contributed by atoms with E-state index in [-0.39, 0.29) is 18.4 Å². The number of carbonyl (C=O) groups excluding carboxylic acids is 2. The number of nitrogens with zero attached hydrogens (tertiary/aromatic N) is 3. The lowest BCUT2D eigenvalue weighted by Crippen LogP contribution is -2.28. The van der Waals surface area contributed by atoms with Gasteiger partial charge in [0.2, 0.25) is 0 Å². The van der Waals surface area contributed by atoms with Crippen molar-refractivity contribution < 1.29 is 14.3 Å². The van der Waals surface area contributed by atoms with E-state index in [2.05, 4.69) is 15.3 Å². The molecule has 2 amide bonds. The van der Waals surface area contributed by atoms with Crippen LogP contribution in [-0.2, 0) is 4.79 Å². The highest BCUT2D eigenvalue weighted by Gasteiger charge is 2.14. The number of carbonyl (C=O) groups is 2. The Kier molecular flexibility index (Phi) is 5.96. The summed E-state index contributed by atoms with van der Waals surface area (Å²) in [5.74, 6) is 0.339. The van der Waals surface area contributed by atoms with Crippen molar-refractivity contribution in [3.8, 4) is 17.1 Å². The zero-order valence-electron chi connectivity index (χ0n) is 15.6. The number of hydrogen-bond acceptors (Lipinski definition) is 5. The molecule has 0 bridgehead atoms. The van der Waals surface area contributed by atoms with Gasteiger partial charge in [-0.15, -0.1) is 0 Å². The van der Waals surface area contributed by atoms with Crippen molar-refractivity contribution in [1.82, 2.24) is 14.9 Å². The Morgan fingerprint density at radius 3 is 2.29 bits per heavy atom. The smallest absolute Gasteiger partial charge is 0.259 e. The molecule has 0 atom stereocenters. The minimum atomic E-state index is -0.371. The zero-order valence-corrected chi connectivity index (χ0v) is 15.6. The Bertz CT molecular complexity index is 957. The summed E-state index contributed by atoms with van der Waals surface area (Å²) in [5.41, 5.74) is 1.68. The average molecular weight is 376 g/mol. The number of aromatic nitrogens is 2. The number of benzene rings is 2. The lowest BCUT2D eigenvalue weighted by Gasteiger charge is -2.14. The Hall–Kier alpha value is -3.74. The van der Waals surface area contributed by atoms with Crippen LogP contribution in [0.2, 0.25) is 0 Å². The van der Waals surface area contributed by atoms with E-state index in [1.165, 1.54) is 4.90 Å². The zero-order chi connectivity index (χ0) is 19.9. The molecule has 142 valence electrons. The highest BCUT2D eigenvalue weighted by atomic mass is 16.5. The van der Waals surface area contributed by atoms with Gasteiger partial charge in [-0.2, -0.15) is 0 Å². The minimum absolute atomic E-state index is 0.147. The molecule has 1 aromatic heterocycles. The Balaban J connectivity index is 1.70. The maximum atomic E-state index is 12.6. The van der Waals surface area contributed by atoms with Gasteiger partial charge in [-0.1, -0.05) is 42.5 Å². The Morgan fingerprint density at radius 2 is 1.61 bits per heavy atom. The summed E-state index contributed by atoms with van der Waals surface area (Å²) in [6.07, 6.45) is 3.10. The first kappa shape index (κ1) is 19.0. The van der Waals surface area contributed by atoms with E-state index in [0.717, 1.165) is 5.56 Å². The second-order valence-corrected chi connectivity index (χ2v) is 6.19. The van der Waals surface area contributed by atoms with Crippen molar-refractivity contribution in [2.45, 2.75) is 0 Å². The fourth-order valence-corrected chi connectivity index (χ4v) is 2.38. The number of likely N-dealkylation sites (N-methyl/N-ethyl adjacent to an activating group) is 1. The van der Waals surface area contributed by atoms with Crippen LogP contribution >= 0.6 is 0 Å². The van der Waals surface area contributed by atoms with Gasteiger partial charge in [0.25, 0.3) is 11.8 Å². The van der Waals surface area contributed by atoms with Crippen LogP contribution in [-0.4, -0.2) is 47.4 Å². The molecule has 1 heterocycles. The molecule has 2 aromatic carbocycles. The van der Waals surface area contributed by atoms with Gasteiger partial charge in [0.1, 0.15) is 5.75 Å². The number of ether oxygens (including phenoxy) is 1. The normalized spacial score (nSPS) is 10.2. The second-order valence-electron chi connectivity index (χ2n) is 6.19.